The highest BCUT2D eigenvalue weighted by Crippen LogP contribution is 2.32. The summed E-state index contributed by atoms with van der Waals surface area (Å²) in [6.45, 7) is 0.446. The van der Waals surface area contributed by atoms with Crippen molar-refractivity contribution in [1.82, 2.24) is 4.98 Å². The van der Waals surface area contributed by atoms with Gasteiger partial charge in [-0.25, -0.2) is 4.98 Å². The Kier molecular flexibility index (Phi) is 3.73. The van der Waals surface area contributed by atoms with Gasteiger partial charge in [-0.2, -0.15) is 0 Å². The van der Waals surface area contributed by atoms with Crippen LogP contribution in [-0.2, 0) is 0 Å². The molecule has 20 heavy (non-hydrogen) atoms. The van der Waals surface area contributed by atoms with Gasteiger partial charge in [0.1, 0.15) is 5.82 Å². The molecule has 1 saturated heterocycles. The number of fused-ring (bicyclic) bond motifs is 1. The summed E-state index contributed by atoms with van der Waals surface area (Å²) in [6.07, 6.45) is 0.0962. The minimum atomic E-state index is -0.445. The smallest absolute Gasteiger partial charge is 0.129 e. The second-order valence-corrected chi connectivity index (χ2v) is 5.79. The Balaban J connectivity index is 2.07. The van der Waals surface area contributed by atoms with E-state index in [-0.39, 0.29) is 12.6 Å². The fourth-order valence-corrected chi connectivity index (χ4v) is 3.07. The predicted molar refractivity (Wildman–Crippen MR) is 80.6 cm³/mol. The molecular formula is C14H14Cl2N2O2. The number of β-amino-alcohol motifs (C(OH)–C–C–N with tert-alkyl or cyclic N) is 1. The van der Waals surface area contributed by atoms with Crippen LogP contribution in [0.5, 0.6) is 0 Å². The highest BCUT2D eigenvalue weighted by molar-refractivity contribution is 6.39. The zero-order valence-electron chi connectivity index (χ0n) is 10.6. The Hall–Kier alpha value is -1.07. The number of aliphatic hydroxyl groups excluding tert-OH is 2. The van der Waals surface area contributed by atoms with Crippen molar-refractivity contribution >= 4 is 39.9 Å². The third-order valence-electron chi connectivity index (χ3n) is 3.64. The van der Waals surface area contributed by atoms with Crippen LogP contribution in [0.25, 0.3) is 10.9 Å². The van der Waals surface area contributed by atoms with Crippen molar-refractivity contribution in [2.45, 2.75) is 18.6 Å². The lowest BCUT2D eigenvalue weighted by Crippen LogP contribution is -2.33. The maximum atomic E-state index is 9.75. The lowest BCUT2D eigenvalue weighted by atomic mass is 10.2. The summed E-state index contributed by atoms with van der Waals surface area (Å²) in [7, 11) is 0. The van der Waals surface area contributed by atoms with E-state index in [1.807, 2.05) is 17.0 Å². The number of rotatable bonds is 2. The van der Waals surface area contributed by atoms with E-state index < -0.39 is 6.10 Å². The van der Waals surface area contributed by atoms with Crippen molar-refractivity contribution in [3.8, 4) is 0 Å². The molecule has 6 heteroatoms. The van der Waals surface area contributed by atoms with Gasteiger partial charge in [-0.05, 0) is 30.7 Å². The molecule has 0 bridgehead atoms. The van der Waals surface area contributed by atoms with E-state index in [2.05, 4.69) is 4.98 Å². The van der Waals surface area contributed by atoms with Gasteiger partial charge in [0.05, 0.1) is 34.3 Å². The van der Waals surface area contributed by atoms with E-state index in [1.165, 1.54) is 0 Å². The zero-order chi connectivity index (χ0) is 14.3. The molecule has 1 aromatic heterocycles. The minimum Gasteiger partial charge on any atom is -0.394 e. The van der Waals surface area contributed by atoms with Crippen LogP contribution >= 0.6 is 23.2 Å². The number of nitrogens with zero attached hydrogens (tertiary/aromatic N) is 2. The molecule has 0 spiro atoms. The zero-order valence-corrected chi connectivity index (χ0v) is 12.1. The molecule has 2 atom stereocenters. The lowest BCUT2D eigenvalue weighted by Gasteiger charge is -2.24. The van der Waals surface area contributed by atoms with Crippen LogP contribution in [0.15, 0.2) is 24.3 Å². The van der Waals surface area contributed by atoms with Gasteiger partial charge in [0.2, 0.25) is 0 Å². The van der Waals surface area contributed by atoms with Crippen LogP contribution in [0.3, 0.4) is 0 Å². The summed E-state index contributed by atoms with van der Waals surface area (Å²) >= 11 is 12.3. The maximum Gasteiger partial charge on any atom is 0.129 e. The van der Waals surface area contributed by atoms with Gasteiger partial charge >= 0.3 is 0 Å². The van der Waals surface area contributed by atoms with Crippen LogP contribution in [0.4, 0.5) is 5.82 Å². The standard InChI is InChI=1S/C14H14Cl2N2O2/c15-11-2-3-12(16)14-10(11)1-4-13(17-14)18-6-9(20)5-8(18)7-19/h1-4,8-9,19-20H,5-7H2/t8-,9-/m0/s1. The number of aliphatic hydroxyl groups is 2. The molecule has 1 aliphatic heterocycles. The Labute approximate surface area is 126 Å². The molecule has 2 heterocycles. The van der Waals surface area contributed by atoms with Crippen LogP contribution < -0.4 is 4.90 Å². The third kappa shape index (κ3) is 2.33. The van der Waals surface area contributed by atoms with E-state index in [4.69, 9.17) is 23.2 Å². The minimum absolute atomic E-state index is 0.0138. The topological polar surface area (TPSA) is 56.6 Å². The van der Waals surface area contributed by atoms with E-state index in [9.17, 15) is 10.2 Å². The quantitative estimate of drug-likeness (QED) is 0.894. The SMILES string of the molecule is OC[C@@H]1C[C@H](O)CN1c1ccc2c(Cl)ccc(Cl)c2n1. The molecular weight excluding hydrogens is 299 g/mol. The van der Waals surface area contributed by atoms with Gasteiger partial charge in [-0.15, -0.1) is 0 Å². The molecule has 106 valence electrons. The Bertz CT molecular complexity index is 650. The second kappa shape index (κ2) is 5.37. The monoisotopic (exact) mass is 312 g/mol. The first-order valence-corrected chi connectivity index (χ1v) is 7.16. The molecule has 0 amide bonds. The van der Waals surface area contributed by atoms with E-state index in [1.54, 1.807) is 12.1 Å². The first-order chi connectivity index (χ1) is 9.60. The molecule has 2 aromatic rings. The molecule has 0 unspecified atom stereocenters. The predicted octanol–water partition coefficient (Wildman–Crippen LogP) is 2.47. The van der Waals surface area contributed by atoms with Crippen LogP contribution in [0.2, 0.25) is 10.0 Å². The van der Waals surface area contributed by atoms with Crippen molar-refractivity contribution in [1.29, 1.82) is 0 Å². The fraction of sp³-hybridized carbons (Fsp3) is 0.357. The second-order valence-electron chi connectivity index (χ2n) is 4.97. The van der Waals surface area contributed by atoms with Crippen molar-refractivity contribution in [2.24, 2.45) is 0 Å². The van der Waals surface area contributed by atoms with Crippen LogP contribution in [0, 0.1) is 0 Å². The van der Waals surface area contributed by atoms with E-state index in [0.717, 1.165) is 5.39 Å². The number of hydrogen-bond donors (Lipinski definition) is 2. The van der Waals surface area contributed by atoms with Gasteiger partial charge < -0.3 is 15.1 Å². The molecule has 0 radical (unpaired) electrons. The molecule has 1 aliphatic rings. The third-order valence-corrected chi connectivity index (χ3v) is 4.27. The van der Waals surface area contributed by atoms with Gasteiger partial charge in [0, 0.05) is 11.9 Å². The summed E-state index contributed by atoms with van der Waals surface area (Å²) in [6, 6.07) is 7.04. The van der Waals surface area contributed by atoms with Crippen LogP contribution in [0.1, 0.15) is 6.42 Å². The summed E-state index contributed by atoms with van der Waals surface area (Å²) in [4.78, 5) is 6.44. The van der Waals surface area contributed by atoms with Gasteiger partial charge in [-0.1, -0.05) is 23.2 Å². The lowest BCUT2D eigenvalue weighted by molar-refractivity contribution is 0.184. The first kappa shape index (κ1) is 13.9. The maximum absolute atomic E-state index is 9.75. The highest BCUT2D eigenvalue weighted by atomic mass is 35.5. The number of benzene rings is 1. The normalized spacial score (nSPS) is 22.7. The average Bonchev–Trinajstić information content (AvgIpc) is 2.84. The average molecular weight is 313 g/mol. The van der Waals surface area contributed by atoms with Crippen molar-refractivity contribution in [2.75, 3.05) is 18.1 Å². The number of hydrogen-bond acceptors (Lipinski definition) is 4. The first-order valence-electron chi connectivity index (χ1n) is 6.40. The van der Waals surface area contributed by atoms with Crippen molar-refractivity contribution < 1.29 is 10.2 Å². The van der Waals surface area contributed by atoms with E-state index >= 15 is 0 Å². The highest BCUT2D eigenvalue weighted by Gasteiger charge is 2.31. The summed E-state index contributed by atoms with van der Waals surface area (Å²) in [5.41, 5.74) is 0.634. The largest absolute Gasteiger partial charge is 0.394 e. The molecule has 1 fully saturated rings. The van der Waals surface area contributed by atoms with Crippen LogP contribution in [-0.4, -0.2) is 40.5 Å². The summed E-state index contributed by atoms with van der Waals surface area (Å²) in [5, 5.41) is 21.1. The number of aromatic nitrogens is 1. The van der Waals surface area contributed by atoms with Gasteiger partial charge in [-0.3, -0.25) is 0 Å². The number of pyridine rings is 1. The summed E-state index contributed by atoms with van der Waals surface area (Å²) in [5.74, 6) is 0.692. The Morgan fingerprint density at radius 2 is 1.95 bits per heavy atom. The number of halogens is 2. The molecule has 0 aliphatic carbocycles. The van der Waals surface area contributed by atoms with Gasteiger partial charge in [0.25, 0.3) is 0 Å². The molecule has 4 nitrogen and oxygen atoms in total. The Morgan fingerprint density at radius 3 is 2.70 bits per heavy atom. The Morgan fingerprint density at radius 1 is 1.20 bits per heavy atom. The van der Waals surface area contributed by atoms with Gasteiger partial charge in [0.15, 0.2) is 0 Å². The number of anilines is 1. The molecule has 3 rings (SSSR count). The molecule has 0 saturated carbocycles. The van der Waals surface area contributed by atoms with Crippen molar-refractivity contribution in [3.63, 3.8) is 0 Å². The fourth-order valence-electron chi connectivity index (χ4n) is 2.64. The molecule has 2 N–H and O–H groups in total. The summed E-state index contributed by atoms with van der Waals surface area (Å²) < 4.78 is 0. The van der Waals surface area contributed by atoms with E-state index in [0.29, 0.717) is 34.3 Å². The molecule has 1 aromatic carbocycles. The van der Waals surface area contributed by atoms with Crippen molar-refractivity contribution in [3.05, 3.63) is 34.3 Å².